The van der Waals surface area contributed by atoms with E-state index < -0.39 is 25.9 Å². The molecule has 2 rings (SSSR count). The number of hydrogen-bond acceptors (Lipinski definition) is 5. The summed E-state index contributed by atoms with van der Waals surface area (Å²) in [5.74, 6) is 0. The summed E-state index contributed by atoms with van der Waals surface area (Å²) in [5, 5.41) is 6.35. The molecule has 1 fully saturated rings. The van der Waals surface area contributed by atoms with Crippen LogP contribution in [0.4, 0.5) is 0 Å². The predicted molar refractivity (Wildman–Crippen MR) is 65.2 cm³/mol. The number of sulfonamides is 1. The average molecular weight is 293 g/mol. The Bertz CT molecular complexity index is 647. The zero-order valence-corrected chi connectivity index (χ0v) is 11.8. The monoisotopic (exact) mass is 293 g/mol. The third kappa shape index (κ3) is 2.43. The summed E-state index contributed by atoms with van der Waals surface area (Å²) in [6.45, 7) is 0.408. The second-order valence-electron chi connectivity index (χ2n) is 4.45. The Balaban J connectivity index is 2.47. The van der Waals surface area contributed by atoms with Crippen LogP contribution in [0.25, 0.3) is 0 Å². The Morgan fingerprint density at radius 1 is 1.33 bits per heavy atom. The van der Waals surface area contributed by atoms with Gasteiger partial charge in [-0.05, 0) is 12.8 Å². The molecule has 0 amide bonds. The smallest absolute Gasteiger partial charge is 0.211 e. The Hall–Kier alpha value is -0.930. The van der Waals surface area contributed by atoms with Crippen LogP contribution in [0.5, 0.6) is 0 Å². The molecule has 0 saturated carbocycles. The molecule has 1 aliphatic heterocycles. The van der Waals surface area contributed by atoms with Gasteiger partial charge >= 0.3 is 0 Å². The van der Waals surface area contributed by atoms with Gasteiger partial charge in [-0.15, -0.1) is 0 Å². The van der Waals surface area contributed by atoms with Gasteiger partial charge in [-0.1, -0.05) is 0 Å². The van der Waals surface area contributed by atoms with Crippen LogP contribution in [-0.4, -0.2) is 50.4 Å². The summed E-state index contributed by atoms with van der Waals surface area (Å²) in [7, 11) is -6.76. The Labute approximate surface area is 106 Å². The zero-order valence-electron chi connectivity index (χ0n) is 10.1. The van der Waals surface area contributed by atoms with Crippen molar-refractivity contribution < 1.29 is 16.8 Å². The van der Waals surface area contributed by atoms with Crippen LogP contribution >= 0.6 is 0 Å². The van der Waals surface area contributed by atoms with E-state index in [0.717, 1.165) is 12.5 Å². The molecular weight excluding hydrogens is 278 g/mol. The van der Waals surface area contributed by atoms with E-state index in [1.54, 1.807) is 0 Å². The van der Waals surface area contributed by atoms with E-state index in [0.29, 0.717) is 25.1 Å². The first kappa shape index (κ1) is 13.5. The molecular formula is C9H15N3O4S2. The topological polar surface area (TPSA) is 100 Å². The van der Waals surface area contributed by atoms with Gasteiger partial charge < -0.3 is 0 Å². The van der Waals surface area contributed by atoms with E-state index in [-0.39, 0.29) is 4.90 Å². The molecule has 0 aliphatic carbocycles. The van der Waals surface area contributed by atoms with Crippen LogP contribution in [-0.2, 0) is 19.9 Å². The van der Waals surface area contributed by atoms with Crippen LogP contribution in [0.3, 0.4) is 0 Å². The van der Waals surface area contributed by atoms with E-state index in [2.05, 4.69) is 10.2 Å². The molecule has 1 atom stereocenters. The fraction of sp³-hybridized carbons (Fsp3) is 0.667. The highest BCUT2D eigenvalue weighted by molar-refractivity contribution is 7.90. The van der Waals surface area contributed by atoms with Gasteiger partial charge in [0.1, 0.15) is 4.90 Å². The molecule has 7 nitrogen and oxygen atoms in total. The second-order valence-corrected chi connectivity index (χ2v) is 8.37. The highest BCUT2D eigenvalue weighted by Crippen LogP contribution is 2.35. The molecule has 102 valence electrons. The summed E-state index contributed by atoms with van der Waals surface area (Å²) in [6, 6.07) is -0.466. The molecule has 1 unspecified atom stereocenters. The Kier molecular flexibility index (Phi) is 3.24. The molecule has 18 heavy (non-hydrogen) atoms. The first-order chi connectivity index (χ1) is 8.21. The van der Waals surface area contributed by atoms with Crippen molar-refractivity contribution in [3.63, 3.8) is 0 Å². The normalized spacial score (nSPS) is 22.4. The average Bonchev–Trinajstić information content (AvgIpc) is 2.83. The predicted octanol–water partition coefficient (Wildman–Crippen LogP) is -0.0903. The Morgan fingerprint density at radius 2 is 2.00 bits per heavy atom. The van der Waals surface area contributed by atoms with Crippen LogP contribution in [0, 0.1) is 0 Å². The molecule has 0 aromatic carbocycles. The van der Waals surface area contributed by atoms with Crippen LogP contribution in [0.2, 0.25) is 0 Å². The van der Waals surface area contributed by atoms with Gasteiger partial charge in [0.25, 0.3) is 0 Å². The van der Waals surface area contributed by atoms with Gasteiger partial charge in [0.2, 0.25) is 10.0 Å². The lowest BCUT2D eigenvalue weighted by atomic mass is 10.2. The summed E-state index contributed by atoms with van der Waals surface area (Å²) in [6.07, 6.45) is 4.74. The molecule has 0 radical (unpaired) electrons. The lowest BCUT2D eigenvalue weighted by molar-refractivity contribution is 0.389. The molecule has 9 heteroatoms. The molecule has 1 aromatic heterocycles. The standard InChI is InChI=1S/C9H15N3O4S2/c1-17(13,14)8-6-10-11-9(8)7-4-3-5-12(7)18(2,15)16/h6-7H,3-5H2,1-2H3,(H,10,11). The fourth-order valence-electron chi connectivity index (χ4n) is 2.24. The molecule has 2 heterocycles. The van der Waals surface area contributed by atoms with Crippen molar-refractivity contribution in [2.75, 3.05) is 19.1 Å². The highest BCUT2D eigenvalue weighted by atomic mass is 32.2. The number of sulfone groups is 1. The van der Waals surface area contributed by atoms with Crippen molar-refractivity contribution in [2.24, 2.45) is 0 Å². The zero-order chi connectivity index (χ0) is 13.6. The van der Waals surface area contributed by atoms with E-state index in [1.807, 2.05) is 0 Å². The summed E-state index contributed by atoms with van der Waals surface area (Å²) in [5.41, 5.74) is 0.362. The quantitative estimate of drug-likeness (QED) is 0.839. The summed E-state index contributed by atoms with van der Waals surface area (Å²) in [4.78, 5) is 0.0723. The molecule has 1 saturated heterocycles. The number of nitrogens with zero attached hydrogens (tertiary/aromatic N) is 2. The fourth-order valence-corrected chi connectivity index (χ4v) is 4.20. The van der Waals surface area contributed by atoms with Crippen molar-refractivity contribution in [1.29, 1.82) is 0 Å². The van der Waals surface area contributed by atoms with E-state index >= 15 is 0 Å². The number of hydrogen-bond donors (Lipinski definition) is 1. The third-order valence-corrected chi connectivity index (χ3v) is 5.41. The van der Waals surface area contributed by atoms with Crippen LogP contribution in [0.15, 0.2) is 11.1 Å². The van der Waals surface area contributed by atoms with Gasteiger partial charge in [0.05, 0.1) is 24.2 Å². The third-order valence-electron chi connectivity index (χ3n) is 2.99. The van der Waals surface area contributed by atoms with Crippen LogP contribution in [0.1, 0.15) is 24.6 Å². The van der Waals surface area contributed by atoms with Gasteiger partial charge in [-0.25, -0.2) is 16.8 Å². The van der Waals surface area contributed by atoms with Crippen LogP contribution < -0.4 is 0 Å². The first-order valence-corrected chi connectivity index (χ1v) is 9.15. The number of aromatic nitrogens is 2. The molecule has 0 bridgehead atoms. The van der Waals surface area contributed by atoms with Gasteiger partial charge in [0.15, 0.2) is 9.84 Å². The number of nitrogens with one attached hydrogen (secondary N) is 1. The minimum Gasteiger partial charge on any atom is -0.280 e. The van der Waals surface area contributed by atoms with E-state index in [4.69, 9.17) is 0 Å². The Morgan fingerprint density at radius 3 is 2.56 bits per heavy atom. The van der Waals surface area contributed by atoms with Gasteiger partial charge in [-0.3, -0.25) is 5.10 Å². The largest absolute Gasteiger partial charge is 0.280 e. The maximum Gasteiger partial charge on any atom is 0.211 e. The van der Waals surface area contributed by atoms with Crippen molar-refractivity contribution in [3.8, 4) is 0 Å². The van der Waals surface area contributed by atoms with Crippen molar-refractivity contribution in [2.45, 2.75) is 23.8 Å². The maximum atomic E-state index is 11.6. The summed E-state index contributed by atoms with van der Waals surface area (Å²) >= 11 is 0. The summed E-state index contributed by atoms with van der Waals surface area (Å²) < 4.78 is 47.8. The van der Waals surface area contributed by atoms with Crippen molar-refractivity contribution in [3.05, 3.63) is 11.9 Å². The van der Waals surface area contributed by atoms with Gasteiger partial charge in [-0.2, -0.15) is 9.40 Å². The van der Waals surface area contributed by atoms with Crippen molar-refractivity contribution >= 4 is 19.9 Å². The molecule has 1 N–H and O–H groups in total. The number of rotatable bonds is 3. The number of aromatic amines is 1. The lowest BCUT2D eigenvalue weighted by Gasteiger charge is -2.21. The maximum absolute atomic E-state index is 11.6. The van der Waals surface area contributed by atoms with Gasteiger partial charge in [0, 0.05) is 12.8 Å². The minimum absolute atomic E-state index is 0.0723. The lowest BCUT2D eigenvalue weighted by Crippen LogP contribution is -2.30. The second kappa shape index (κ2) is 4.32. The molecule has 0 spiro atoms. The SMILES string of the molecule is CS(=O)(=O)c1cn[nH]c1C1CCCN1S(C)(=O)=O. The van der Waals surface area contributed by atoms with Crippen molar-refractivity contribution in [1.82, 2.24) is 14.5 Å². The number of H-pyrrole nitrogens is 1. The van der Waals surface area contributed by atoms with E-state index in [9.17, 15) is 16.8 Å². The molecule has 1 aromatic rings. The molecule has 1 aliphatic rings. The van der Waals surface area contributed by atoms with E-state index in [1.165, 1.54) is 10.5 Å². The highest BCUT2D eigenvalue weighted by Gasteiger charge is 2.36. The first-order valence-electron chi connectivity index (χ1n) is 5.41. The minimum atomic E-state index is -3.41.